The van der Waals surface area contributed by atoms with Crippen molar-refractivity contribution in [2.45, 2.75) is 11.8 Å². The van der Waals surface area contributed by atoms with E-state index >= 15 is 0 Å². The predicted octanol–water partition coefficient (Wildman–Crippen LogP) is 4.20. The van der Waals surface area contributed by atoms with Gasteiger partial charge in [-0.1, -0.05) is 12.1 Å². The molecule has 0 bridgehead atoms. The normalized spacial score (nSPS) is 11.5. The van der Waals surface area contributed by atoms with Crippen LogP contribution >= 0.6 is 11.3 Å². The fraction of sp³-hybridized carbons (Fsp3) is 0.0625. The number of anilines is 1. The smallest absolute Gasteiger partial charge is 0.264 e. The Morgan fingerprint density at radius 1 is 1.12 bits per heavy atom. The summed E-state index contributed by atoms with van der Waals surface area (Å²) in [7, 11) is -4.24. The summed E-state index contributed by atoms with van der Waals surface area (Å²) in [5.74, 6) is -1.85. The molecule has 24 heavy (non-hydrogen) atoms. The van der Waals surface area contributed by atoms with Crippen molar-refractivity contribution in [1.82, 2.24) is 4.98 Å². The van der Waals surface area contributed by atoms with E-state index in [1.54, 1.807) is 18.2 Å². The van der Waals surface area contributed by atoms with Gasteiger partial charge in [-0.05, 0) is 37.3 Å². The molecule has 8 heteroatoms. The van der Waals surface area contributed by atoms with Gasteiger partial charge in [0.2, 0.25) is 0 Å². The number of aromatic nitrogens is 1. The first-order valence-corrected chi connectivity index (χ1v) is 9.22. The molecule has 0 aliphatic carbocycles. The summed E-state index contributed by atoms with van der Waals surface area (Å²) in [5.41, 5.74) is 1.68. The van der Waals surface area contributed by atoms with Gasteiger partial charge >= 0.3 is 0 Å². The summed E-state index contributed by atoms with van der Waals surface area (Å²) in [6, 6.07) is 8.84. The van der Waals surface area contributed by atoms with Crippen LogP contribution in [-0.4, -0.2) is 13.4 Å². The van der Waals surface area contributed by atoms with Crippen LogP contribution in [0.25, 0.3) is 11.3 Å². The topological polar surface area (TPSA) is 59.1 Å². The maximum absolute atomic E-state index is 13.7. The Labute approximate surface area is 141 Å². The van der Waals surface area contributed by atoms with Crippen LogP contribution in [-0.2, 0) is 10.0 Å². The summed E-state index contributed by atoms with van der Waals surface area (Å²) in [5, 5.41) is 2.74. The van der Waals surface area contributed by atoms with Crippen molar-refractivity contribution < 1.29 is 17.2 Å². The molecule has 0 aliphatic heterocycles. The van der Waals surface area contributed by atoms with E-state index in [1.807, 2.05) is 12.3 Å². The first-order valence-electron chi connectivity index (χ1n) is 6.85. The van der Waals surface area contributed by atoms with Gasteiger partial charge in [0.15, 0.2) is 0 Å². The minimum atomic E-state index is -4.24. The molecule has 0 fully saturated rings. The number of nitrogens with one attached hydrogen (secondary N) is 1. The van der Waals surface area contributed by atoms with Crippen molar-refractivity contribution in [2.24, 2.45) is 0 Å². The molecule has 0 radical (unpaired) electrons. The van der Waals surface area contributed by atoms with E-state index in [1.165, 1.54) is 17.4 Å². The van der Waals surface area contributed by atoms with Crippen LogP contribution < -0.4 is 4.72 Å². The van der Waals surface area contributed by atoms with Crippen LogP contribution in [0, 0.1) is 18.6 Å². The summed E-state index contributed by atoms with van der Waals surface area (Å²) in [6.45, 7) is 1.87. The average Bonchev–Trinajstić information content (AvgIpc) is 2.96. The Balaban J connectivity index is 1.94. The maximum Gasteiger partial charge on any atom is 0.264 e. The first-order chi connectivity index (χ1) is 11.3. The summed E-state index contributed by atoms with van der Waals surface area (Å²) < 4.78 is 53.8. The van der Waals surface area contributed by atoms with Crippen LogP contribution in [0.4, 0.5) is 14.5 Å². The number of benzene rings is 2. The number of sulfonamides is 1. The molecular formula is C16H12F2N2O2S2. The lowest BCUT2D eigenvalue weighted by Gasteiger charge is -2.10. The molecule has 0 saturated heterocycles. The van der Waals surface area contributed by atoms with Crippen LogP contribution in [0.5, 0.6) is 0 Å². The number of nitrogens with zero attached hydrogens (tertiary/aromatic N) is 1. The molecule has 3 aromatic rings. The van der Waals surface area contributed by atoms with Gasteiger partial charge in [0, 0.05) is 16.6 Å². The van der Waals surface area contributed by atoms with Crippen molar-refractivity contribution in [3.8, 4) is 11.3 Å². The molecule has 3 rings (SSSR count). The van der Waals surface area contributed by atoms with Crippen molar-refractivity contribution in [3.63, 3.8) is 0 Å². The Bertz CT molecular complexity index is 1000. The lowest BCUT2D eigenvalue weighted by Crippen LogP contribution is -2.15. The molecule has 0 atom stereocenters. The average molecular weight is 366 g/mol. The third kappa shape index (κ3) is 3.44. The van der Waals surface area contributed by atoms with Crippen LogP contribution in [0.1, 0.15) is 5.01 Å². The van der Waals surface area contributed by atoms with E-state index in [9.17, 15) is 17.2 Å². The highest BCUT2D eigenvalue weighted by Gasteiger charge is 2.20. The zero-order chi connectivity index (χ0) is 17.3. The molecule has 4 nitrogen and oxygen atoms in total. The van der Waals surface area contributed by atoms with E-state index < -0.39 is 26.6 Å². The molecule has 0 amide bonds. The number of hydrogen-bond donors (Lipinski definition) is 1. The molecule has 0 spiro atoms. The standard InChI is InChI=1S/C16H12F2N2O2S2/c1-10-19-15(9-23-10)11-3-2-4-13(7-11)20-24(21,22)16-8-12(17)5-6-14(16)18/h2-9,20H,1H3. The van der Waals surface area contributed by atoms with Gasteiger partial charge in [0.1, 0.15) is 16.5 Å². The van der Waals surface area contributed by atoms with Gasteiger partial charge in [-0.15, -0.1) is 11.3 Å². The second kappa shape index (κ2) is 6.29. The fourth-order valence-electron chi connectivity index (χ4n) is 2.13. The van der Waals surface area contributed by atoms with E-state index in [4.69, 9.17) is 0 Å². The van der Waals surface area contributed by atoms with Gasteiger partial charge in [-0.3, -0.25) is 4.72 Å². The zero-order valence-corrected chi connectivity index (χ0v) is 14.1. The Morgan fingerprint density at radius 2 is 1.92 bits per heavy atom. The van der Waals surface area contributed by atoms with Gasteiger partial charge < -0.3 is 0 Å². The second-order valence-corrected chi connectivity index (χ2v) is 7.73. The summed E-state index contributed by atoms with van der Waals surface area (Å²) in [6.07, 6.45) is 0. The van der Waals surface area contributed by atoms with Gasteiger partial charge in [0.25, 0.3) is 10.0 Å². The first kappa shape index (κ1) is 16.5. The molecule has 2 aromatic carbocycles. The molecule has 0 aliphatic rings. The summed E-state index contributed by atoms with van der Waals surface area (Å²) in [4.78, 5) is 3.60. The predicted molar refractivity (Wildman–Crippen MR) is 89.5 cm³/mol. The van der Waals surface area contributed by atoms with E-state index in [2.05, 4.69) is 9.71 Å². The quantitative estimate of drug-likeness (QED) is 0.753. The molecule has 1 N–H and O–H groups in total. The molecule has 1 heterocycles. The van der Waals surface area contributed by atoms with E-state index in [0.717, 1.165) is 28.4 Å². The number of hydrogen-bond acceptors (Lipinski definition) is 4. The largest absolute Gasteiger partial charge is 0.280 e. The minimum absolute atomic E-state index is 0.238. The molecule has 0 unspecified atom stereocenters. The molecular weight excluding hydrogens is 354 g/mol. The monoisotopic (exact) mass is 366 g/mol. The summed E-state index contributed by atoms with van der Waals surface area (Å²) >= 11 is 1.48. The van der Waals surface area contributed by atoms with Crippen molar-refractivity contribution in [1.29, 1.82) is 0 Å². The minimum Gasteiger partial charge on any atom is -0.280 e. The highest BCUT2D eigenvalue weighted by Crippen LogP contribution is 2.26. The molecule has 0 saturated carbocycles. The van der Waals surface area contributed by atoms with E-state index in [-0.39, 0.29) is 5.69 Å². The van der Waals surface area contributed by atoms with Gasteiger partial charge in [-0.25, -0.2) is 22.2 Å². The number of aryl methyl sites for hydroxylation is 1. The molecule has 124 valence electrons. The number of thiazole rings is 1. The lowest BCUT2D eigenvalue weighted by atomic mass is 10.1. The highest BCUT2D eigenvalue weighted by molar-refractivity contribution is 7.92. The Hall–Kier alpha value is -2.32. The van der Waals surface area contributed by atoms with Gasteiger partial charge in [-0.2, -0.15) is 0 Å². The zero-order valence-electron chi connectivity index (χ0n) is 12.5. The van der Waals surface area contributed by atoms with Crippen molar-refractivity contribution in [2.75, 3.05) is 4.72 Å². The van der Waals surface area contributed by atoms with Crippen molar-refractivity contribution >= 4 is 27.0 Å². The van der Waals surface area contributed by atoms with Crippen LogP contribution in [0.2, 0.25) is 0 Å². The Morgan fingerprint density at radius 3 is 2.62 bits per heavy atom. The number of halogens is 2. The highest BCUT2D eigenvalue weighted by atomic mass is 32.2. The maximum atomic E-state index is 13.7. The Kier molecular flexibility index (Phi) is 4.33. The van der Waals surface area contributed by atoms with Crippen LogP contribution in [0.3, 0.4) is 0 Å². The third-order valence-electron chi connectivity index (χ3n) is 3.21. The molecule has 1 aromatic heterocycles. The van der Waals surface area contributed by atoms with Crippen LogP contribution in [0.15, 0.2) is 52.7 Å². The van der Waals surface area contributed by atoms with Crippen molar-refractivity contribution in [3.05, 3.63) is 64.5 Å². The SMILES string of the molecule is Cc1nc(-c2cccc(NS(=O)(=O)c3cc(F)ccc3F)c2)cs1. The number of rotatable bonds is 4. The second-order valence-electron chi connectivity index (χ2n) is 5.01. The lowest BCUT2D eigenvalue weighted by molar-refractivity contribution is 0.555. The van der Waals surface area contributed by atoms with E-state index in [0.29, 0.717) is 6.07 Å². The fourth-order valence-corrected chi connectivity index (χ4v) is 3.89. The third-order valence-corrected chi connectivity index (χ3v) is 5.38. The van der Waals surface area contributed by atoms with Gasteiger partial charge in [0.05, 0.1) is 10.7 Å².